The number of benzene rings is 3. The van der Waals surface area contributed by atoms with Crippen LogP contribution in [-0.2, 0) is 0 Å². The molecule has 0 aliphatic heterocycles. The number of anilines is 1. The van der Waals surface area contributed by atoms with Crippen LogP contribution in [0.25, 0.3) is 21.0 Å². The molecule has 4 heteroatoms. The minimum atomic E-state index is 0.803. The van der Waals surface area contributed by atoms with Crippen LogP contribution in [0.5, 0.6) is 0 Å². The van der Waals surface area contributed by atoms with Crippen molar-refractivity contribution in [3.8, 4) is 0 Å². The van der Waals surface area contributed by atoms with E-state index in [1.54, 1.807) is 11.3 Å². The van der Waals surface area contributed by atoms with Gasteiger partial charge in [-0.05, 0) is 22.9 Å². The second-order valence-corrected chi connectivity index (χ2v) is 5.96. The third-order valence-corrected chi connectivity index (χ3v) is 4.42. The summed E-state index contributed by atoms with van der Waals surface area (Å²) in [5.74, 6) is 0. The van der Waals surface area contributed by atoms with Gasteiger partial charge in [0.1, 0.15) is 0 Å². The van der Waals surface area contributed by atoms with Crippen LogP contribution >= 0.6 is 11.3 Å². The van der Waals surface area contributed by atoms with Crippen molar-refractivity contribution >= 4 is 43.7 Å². The summed E-state index contributed by atoms with van der Waals surface area (Å²) >= 11 is 1.60. The van der Waals surface area contributed by atoms with Crippen molar-refractivity contribution in [2.45, 2.75) is 0 Å². The molecule has 3 nitrogen and oxygen atoms in total. The SMILES string of the molecule is C(=NNc1nc2ccccc2s1)c1cccc2ccccc12. The number of para-hydroxylation sites is 1. The van der Waals surface area contributed by atoms with Gasteiger partial charge in [0.15, 0.2) is 0 Å². The molecule has 0 unspecified atom stereocenters. The van der Waals surface area contributed by atoms with Crippen LogP contribution in [0.2, 0.25) is 0 Å². The number of rotatable bonds is 3. The molecule has 0 aliphatic carbocycles. The van der Waals surface area contributed by atoms with Gasteiger partial charge in [-0.25, -0.2) is 4.98 Å². The molecule has 4 rings (SSSR count). The first kappa shape index (κ1) is 13.0. The predicted octanol–water partition coefficient (Wildman–Crippen LogP) is 4.90. The molecule has 106 valence electrons. The molecule has 4 aromatic rings. The lowest BCUT2D eigenvalue weighted by atomic mass is 10.1. The minimum Gasteiger partial charge on any atom is -0.253 e. The summed E-state index contributed by atoms with van der Waals surface area (Å²) < 4.78 is 1.16. The standard InChI is InChI=1S/C18H13N3S/c1-2-9-15-13(6-1)7-5-8-14(15)12-19-21-18-20-16-10-3-4-11-17(16)22-18/h1-12H,(H,20,21). The Bertz CT molecular complexity index is 934. The molecule has 1 aromatic heterocycles. The van der Waals surface area contributed by atoms with E-state index in [1.165, 1.54) is 10.8 Å². The van der Waals surface area contributed by atoms with Crippen molar-refractivity contribution < 1.29 is 0 Å². The molecule has 3 aromatic carbocycles. The van der Waals surface area contributed by atoms with Crippen LogP contribution in [-0.4, -0.2) is 11.2 Å². The maximum Gasteiger partial charge on any atom is 0.204 e. The van der Waals surface area contributed by atoms with Crippen molar-refractivity contribution in [3.05, 3.63) is 72.3 Å². The number of thiazole rings is 1. The Labute approximate surface area is 131 Å². The van der Waals surface area contributed by atoms with Crippen LogP contribution in [0.4, 0.5) is 5.13 Å². The fraction of sp³-hybridized carbons (Fsp3) is 0. The number of fused-ring (bicyclic) bond motifs is 2. The average molecular weight is 303 g/mol. The molecule has 0 spiro atoms. The summed E-state index contributed by atoms with van der Waals surface area (Å²) in [6.45, 7) is 0. The van der Waals surface area contributed by atoms with Gasteiger partial charge >= 0.3 is 0 Å². The number of nitrogens with one attached hydrogen (secondary N) is 1. The van der Waals surface area contributed by atoms with Gasteiger partial charge in [0, 0.05) is 5.56 Å². The highest BCUT2D eigenvalue weighted by molar-refractivity contribution is 7.22. The van der Waals surface area contributed by atoms with E-state index < -0.39 is 0 Å². The van der Waals surface area contributed by atoms with Gasteiger partial charge in [-0.3, -0.25) is 5.43 Å². The number of nitrogens with zero attached hydrogens (tertiary/aromatic N) is 2. The number of aromatic nitrogens is 1. The van der Waals surface area contributed by atoms with Gasteiger partial charge in [0.05, 0.1) is 16.4 Å². The molecule has 0 atom stereocenters. The smallest absolute Gasteiger partial charge is 0.204 e. The Balaban J connectivity index is 1.61. The lowest BCUT2D eigenvalue weighted by Gasteiger charge is -2.01. The van der Waals surface area contributed by atoms with Crippen molar-refractivity contribution in [1.82, 2.24) is 4.98 Å². The van der Waals surface area contributed by atoms with Crippen molar-refractivity contribution in [2.75, 3.05) is 5.43 Å². The topological polar surface area (TPSA) is 37.3 Å². The fourth-order valence-corrected chi connectivity index (χ4v) is 3.26. The van der Waals surface area contributed by atoms with E-state index in [2.05, 4.69) is 45.8 Å². The second kappa shape index (κ2) is 5.58. The first-order valence-corrected chi connectivity index (χ1v) is 7.84. The summed E-state index contributed by atoms with van der Waals surface area (Å²) in [4.78, 5) is 4.50. The van der Waals surface area contributed by atoms with Crippen LogP contribution in [0.3, 0.4) is 0 Å². The molecule has 1 heterocycles. The quantitative estimate of drug-likeness (QED) is 0.432. The zero-order valence-corrected chi connectivity index (χ0v) is 12.5. The van der Waals surface area contributed by atoms with E-state index in [4.69, 9.17) is 0 Å². The minimum absolute atomic E-state index is 0.803. The van der Waals surface area contributed by atoms with Gasteiger partial charge in [-0.15, -0.1) is 0 Å². The summed E-state index contributed by atoms with van der Waals surface area (Å²) in [6.07, 6.45) is 1.84. The first-order chi connectivity index (χ1) is 10.9. The Morgan fingerprint density at radius 3 is 2.68 bits per heavy atom. The van der Waals surface area contributed by atoms with E-state index >= 15 is 0 Å². The average Bonchev–Trinajstić information content (AvgIpc) is 2.98. The maximum atomic E-state index is 4.50. The van der Waals surface area contributed by atoms with Crippen LogP contribution < -0.4 is 5.43 Å². The number of hydrogen-bond donors (Lipinski definition) is 1. The molecular formula is C18H13N3S. The molecule has 0 fully saturated rings. The molecule has 1 N–H and O–H groups in total. The predicted molar refractivity (Wildman–Crippen MR) is 94.8 cm³/mol. The second-order valence-electron chi connectivity index (χ2n) is 4.93. The highest BCUT2D eigenvalue weighted by Crippen LogP contribution is 2.25. The van der Waals surface area contributed by atoms with Gasteiger partial charge in [0.2, 0.25) is 5.13 Å². The van der Waals surface area contributed by atoms with E-state index in [9.17, 15) is 0 Å². The molecule has 0 bridgehead atoms. The lowest BCUT2D eigenvalue weighted by molar-refractivity contribution is 1.31. The molecule has 0 saturated heterocycles. The summed E-state index contributed by atoms with van der Waals surface area (Å²) in [5, 5.41) is 7.54. The van der Waals surface area contributed by atoms with Gasteiger partial charge < -0.3 is 0 Å². The molecule has 0 saturated carbocycles. The highest BCUT2D eigenvalue weighted by Gasteiger charge is 2.01. The zero-order valence-electron chi connectivity index (χ0n) is 11.7. The first-order valence-electron chi connectivity index (χ1n) is 7.02. The molecule has 22 heavy (non-hydrogen) atoms. The largest absolute Gasteiger partial charge is 0.253 e. The summed E-state index contributed by atoms with van der Waals surface area (Å²) in [5.41, 5.74) is 5.11. The van der Waals surface area contributed by atoms with Crippen LogP contribution in [0, 0.1) is 0 Å². The zero-order chi connectivity index (χ0) is 14.8. The van der Waals surface area contributed by atoms with Gasteiger partial charge in [0.25, 0.3) is 0 Å². The van der Waals surface area contributed by atoms with E-state index in [-0.39, 0.29) is 0 Å². The molecule has 0 amide bonds. The van der Waals surface area contributed by atoms with Crippen molar-refractivity contribution in [2.24, 2.45) is 5.10 Å². The number of hydrazone groups is 1. The Morgan fingerprint density at radius 2 is 1.73 bits per heavy atom. The normalized spacial score (nSPS) is 11.5. The Morgan fingerprint density at radius 1 is 0.909 bits per heavy atom. The van der Waals surface area contributed by atoms with Crippen molar-refractivity contribution in [3.63, 3.8) is 0 Å². The summed E-state index contributed by atoms with van der Waals surface area (Å²) in [6, 6.07) is 22.6. The van der Waals surface area contributed by atoms with Gasteiger partial charge in [-0.2, -0.15) is 5.10 Å². The highest BCUT2D eigenvalue weighted by atomic mass is 32.1. The maximum absolute atomic E-state index is 4.50. The third-order valence-electron chi connectivity index (χ3n) is 3.48. The van der Waals surface area contributed by atoms with Gasteiger partial charge in [-0.1, -0.05) is 65.9 Å². The number of hydrogen-bond acceptors (Lipinski definition) is 4. The molecule has 0 radical (unpaired) electrons. The third kappa shape index (κ3) is 2.44. The summed E-state index contributed by atoms with van der Waals surface area (Å²) in [7, 11) is 0. The van der Waals surface area contributed by atoms with E-state index in [1.807, 2.05) is 42.6 Å². The van der Waals surface area contributed by atoms with Crippen molar-refractivity contribution in [1.29, 1.82) is 0 Å². The monoisotopic (exact) mass is 303 g/mol. The molecule has 0 aliphatic rings. The van der Waals surface area contributed by atoms with Crippen LogP contribution in [0.15, 0.2) is 71.8 Å². The fourth-order valence-electron chi connectivity index (χ4n) is 2.44. The van der Waals surface area contributed by atoms with E-state index in [0.29, 0.717) is 0 Å². The Hall–Kier alpha value is -2.72. The van der Waals surface area contributed by atoms with E-state index in [0.717, 1.165) is 20.9 Å². The van der Waals surface area contributed by atoms with Crippen LogP contribution in [0.1, 0.15) is 5.56 Å². The Kier molecular flexibility index (Phi) is 3.29. The molecular weight excluding hydrogens is 290 g/mol. The lowest BCUT2D eigenvalue weighted by Crippen LogP contribution is -1.90.